The molecule has 0 N–H and O–H groups in total. The molecule has 134 valence electrons. The second-order valence-electron chi connectivity index (χ2n) is 6.01. The van der Waals surface area contributed by atoms with Gasteiger partial charge in [0.05, 0.1) is 0 Å². The van der Waals surface area contributed by atoms with Crippen LogP contribution >= 0.6 is 0 Å². The molecule has 0 heterocycles. The number of benzene rings is 3. The normalized spacial score (nSPS) is 10.9. The molecule has 25 heavy (non-hydrogen) atoms. The molecule has 3 aromatic rings. The Balaban J connectivity index is 0.000000460. The highest BCUT2D eigenvalue weighted by Crippen LogP contribution is 2.30. The Labute approximate surface area is 153 Å². The van der Waals surface area contributed by atoms with E-state index >= 15 is 0 Å². The summed E-state index contributed by atoms with van der Waals surface area (Å²) in [6.07, 6.45) is 2.48. The molecule has 0 radical (unpaired) electrons. The van der Waals surface area contributed by atoms with Crippen molar-refractivity contribution in [3.63, 3.8) is 0 Å². The fraction of sp³-hybridized carbons (Fsp3) is 0.333. The Kier molecular flexibility index (Phi) is 10.3. The van der Waals surface area contributed by atoms with Gasteiger partial charge in [0.25, 0.3) is 0 Å². The van der Waals surface area contributed by atoms with Crippen molar-refractivity contribution < 1.29 is 4.74 Å². The summed E-state index contributed by atoms with van der Waals surface area (Å²) >= 11 is 0. The molecular weight excluding hydrogens is 304 g/mol. The fourth-order valence-electron chi connectivity index (χ4n) is 2.55. The van der Waals surface area contributed by atoms with E-state index in [1.807, 2.05) is 18.2 Å². The molecule has 1 heteroatoms. The maximum absolute atomic E-state index is 5.73. The van der Waals surface area contributed by atoms with Gasteiger partial charge in [-0.1, -0.05) is 113 Å². The summed E-state index contributed by atoms with van der Waals surface area (Å²) in [5.41, 5.74) is 2.40. The zero-order chi connectivity index (χ0) is 18.5. The molecule has 0 fully saturated rings. The van der Waals surface area contributed by atoms with Crippen molar-refractivity contribution in [1.29, 1.82) is 0 Å². The van der Waals surface area contributed by atoms with Crippen LogP contribution in [0.3, 0.4) is 0 Å². The van der Waals surface area contributed by atoms with E-state index in [0.717, 1.165) is 0 Å². The first-order valence-corrected chi connectivity index (χ1v) is 9.28. The van der Waals surface area contributed by atoms with E-state index in [4.69, 9.17) is 4.74 Å². The number of hydrogen-bond donors (Lipinski definition) is 0. The predicted molar refractivity (Wildman–Crippen MR) is 111 cm³/mol. The minimum atomic E-state index is -0.0210. The molecule has 0 aromatic heterocycles. The molecule has 0 aliphatic carbocycles. The van der Waals surface area contributed by atoms with Crippen LogP contribution in [0.1, 0.15) is 57.8 Å². The van der Waals surface area contributed by atoms with Gasteiger partial charge in [-0.3, -0.25) is 0 Å². The third-order valence-corrected chi connectivity index (χ3v) is 3.44. The van der Waals surface area contributed by atoms with Gasteiger partial charge in [0.15, 0.2) is 0 Å². The zero-order valence-electron chi connectivity index (χ0n) is 16.3. The zero-order valence-corrected chi connectivity index (χ0v) is 16.3. The van der Waals surface area contributed by atoms with Gasteiger partial charge in [0.1, 0.15) is 6.10 Å². The number of hydrogen-bond acceptors (Lipinski definition) is 1. The van der Waals surface area contributed by atoms with Crippen molar-refractivity contribution in [3.05, 3.63) is 83.9 Å². The van der Waals surface area contributed by atoms with Crippen LogP contribution in [0.15, 0.2) is 72.8 Å². The van der Waals surface area contributed by atoms with Crippen LogP contribution in [-0.4, -0.2) is 7.11 Å². The summed E-state index contributed by atoms with van der Waals surface area (Å²) in [5.74, 6) is 0. The molecule has 0 spiro atoms. The van der Waals surface area contributed by atoms with Crippen LogP contribution < -0.4 is 0 Å². The lowest BCUT2D eigenvalue weighted by molar-refractivity contribution is 0.137. The van der Waals surface area contributed by atoms with Gasteiger partial charge in [-0.05, 0) is 21.9 Å². The van der Waals surface area contributed by atoms with Gasteiger partial charge in [-0.2, -0.15) is 0 Å². The van der Waals surface area contributed by atoms with Crippen LogP contribution in [0.2, 0.25) is 0 Å². The van der Waals surface area contributed by atoms with Gasteiger partial charge in [0.2, 0.25) is 0 Å². The van der Waals surface area contributed by atoms with Gasteiger partial charge >= 0.3 is 0 Å². The summed E-state index contributed by atoms with van der Waals surface area (Å²) in [7, 11) is 1.76. The Bertz CT molecular complexity index is 696. The molecule has 0 saturated heterocycles. The molecule has 3 aromatic carbocycles. The first-order chi connectivity index (χ1) is 12.2. The SMILES string of the molecule is CCC.CCC.COC(c1ccccc1)c1cccc2ccccc12. The first kappa shape index (κ1) is 20.9. The number of rotatable bonds is 3. The molecule has 1 nitrogen and oxygen atoms in total. The Morgan fingerprint density at radius 1 is 0.680 bits per heavy atom. The van der Waals surface area contributed by atoms with Crippen molar-refractivity contribution in [2.24, 2.45) is 0 Å². The Morgan fingerprint density at radius 2 is 1.20 bits per heavy atom. The smallest absolute Gasteiger partial charge is 0.108 e. The van der Waals surface area contributed by atoms with E-state index in [-0.39, 0.29) is 6.10 Å². The number of fused-ring (bicyclic) bond motifs is 1. The topological polar surface area (TPSA) is 9.23 Å². The molecule has 0 amide bonds. The van der Waals surface area contributed by atoms with Gasteiger partial charge in [-0.15, -0.1) is 0 Å². The van der Waals surface area contributed by atoms with Crippen molar-refractivity contribution in [2.75, 3.05) is 7.11 Å². The van der Waals surface area contributed by atoms with Crippen molar-refractivity contribution in [2.45, 2.75) is 46.6 Å². The highest BCUT2D eigenvalue weighted by atomic mass is 16.5. The maximum atomic E-state index is 5.73. The minimum Gasteiger partial charge on any atom is -0.372 e. The summed E-state index contributed by atoms with van der Waals surface area (Å²) in [6, 6.07) is 25.1. The van der Waals surface area contributed by atoms with E-state index in [0.29, 0.717) is 0 Å². The highest BCUT2D eigenvalue weighted by molar-refractivity contribution is 5.86. The average molecular weight is 337 g/mol. The Morgan fingerprint density at radius 3 is 1.80 bits per heavy atom. The molecule has 0 aliphatic rings. The van der Waals surface area contributed by atoms with E-state index < -0.39 is 0 Å². The quantitative estimate of drug-likeness (QED) is 0.484. The molecule has 0 saturated carbocycles. The second kappa shape index (κ2) is 12.3. The van der Waals surface area contributed by atoms with Crippen LogP contribution in [0.25, 0.3) is 10.8 Å². The van der Waals surface area contributed by atoms with E-state index in [1.165, 1.54) is 34.7 Å². The van der Waals surface area contributed by atoms with Crippen molar-refractivity contribution in [3.8, 4) is 0 Å². The molecule has 0 bridgehead atoms. The van der Waals surface area contributed by atoms with Crippen LogP contribution in [0.5, 0.6) is 0 Å². The third kappa shape index (κ3) is 6.36. The first-order valence-electron chi connectivity index (χ1n) is 9.28. The van der Waals surface area contributed by atoms with Crippen LogP contribution in [0.4, 0.5) is 0 Å². The molecule has 3 rings (SSSR count). The molecule has 0 aliphatic heterocycles. The fourth-order valence-corrected chi connectivity index (χ4v) is 2.55. The standard InChI is InChI=1S/C18H16O.2C3H8/c1-19-18(15-9-3-2-4-10-15)17-13-7-11-14-8-5-6-12-16(14)17;2*1-3-2/h2-13,18H,1H3;2*3H2,1-2H3. The largest absolute Gasteiger partial charge is 0.372 e. The van der Waals surface area contributed by atoms with Crippen molar-refractivity contribution in [1.82, 2.24) is 0 Å². The number of methoxy groups -OCH3 is 1. The predicted octanol–water partition coefficient (Wildman–Crippen LogP) is 7.41. The van der Waals surface area contributed by atoms with E-state index in [1.54, 1.807) is 7.11 Å². The summed E-state index contributed by atoms with van der Waals surface area (Å²) in [6.45, 7) is 8.50. The van der Waals surface area contributed by atoms with E-state index in [2.05, 4.69) is 82.3 Å². The maximum Gasteiger partial charge on any atom is 0.108 e. The molecule has 1 atom stereocenters. The second-order valence-corrected chi connectivity index (χ2v) is 6.01. The van der Waals surface area contributed by atoms with E-state index in [9.17, 15) is 0 Å². The summed E-state index contributed by atoms with van der Waals surface area (Å²) in [5, 5.41) is 2.50. The lowest BCUT2D eigenvalue weighted by Crippen LogP contribution is -2.03. The lowest BCUT2D eigenvalue weighted by atomic mass is 9.96. The Hall–Kier alpha value is -2.12. The summed E-state index contributed by atoms with van der Waals surface area (Å²) < 4.78 is 5.73. The number of ether oxygens (including phenoxy) is 1. The minimum absolute atomic E-state index is 0.0210. The third-order valence-electron chi connectivity index (χ3n) is 3.44. The van der Waals surface area contributed by atoms with Crippen molar-refractivity contribution >= 4 is 10.8 Å². The van der Waals surface area contributed by atoms with Crippen LogP contribution in [-0.2, 0) is 4.74 Å². The van der Waals surface area contributed by atoms with Gasteiger partial charge < -0.3 is 4.74 Å². The average Bonchev–Trinajstić information content (AvgIpc) is 2.65. The van der Waals surface area contributed by atoms with Gasteiger partial charge in [-0.25, -0.2) is 0 Å². The van der Waals surface area contributed by atoms with Gasteiger partial charge in [0, 0.05) is 7.11 Å². The molecular formula is C24H32O. The lowest BCUT2D eigenvalue weighted by Gasteiger charge is -2.18. The van der Waals surface area contributed by atoms with Crippen LogP contribution in [0, 0.1) is 0 Å². The molecule has 1 unspecified atom stereocenters. The monoisotopic (exact) mass is 336 g/mol. The summed E-state index contributed by atoms with van der Waals surface area (Å²) in [4.78, 5) is 0. The highest BCUT2D eigenvalue weighted by Gasteiger charge is 2.15.